The predicted octanol–water partition coefficient (Wildman–Crippen LogP) is 1.87. The lowest BCUT2D eigenvalue weighted by Gasteiger charge is -2.26. The van der Waals surface area contributed by atoms with Gasteiger partial charge in [-0.1, -0.05) is 22.4 Å². The number of likely N-dealkylation sites (tertiary alicyclic amines) is 1. The van der Waals surface area contributed by atoms with Crippen molar-refractivity contribution in [2.24, 2.45) is 4.99 Å². The fourth-order valence-corrected chi connectivity index (χ4v) is 4.22. The number of aliphatic imine (C=N–C) groups is 1. The van der Waals surface area contributed by atoms with E-state index >= 15 is 0 Å². The molecule has 1 aromatic rings. The van der Waals surface area contributed by atoms with Gasteiger partial charge in [-0.05, 0) is 50.2 Å². The molecule has 1 saturated heterocycles. The van der Waals surface area contributed by atoms with Crippen LogP contribution < -0.4 is 10.6 Å². The van der Waals surface area contributed by atoms with Crippen molar-refractivity contribution in [2.75, 3.05) is 45.5 Å². The van der Waals surface area contributed by atoms with Crippen LogP contribution in [0, 0.1) is 0 Å². The Balaban J connectivity index is 1.72. The topological polar surface area (TPSA) is 73.8 Å². The summed E-state index contributed by atoms with van der Waals surface area (Å²) in [6.07, 6.45) is 3.89. The van der Waals surface area contributed by atoms with Gasteiger partial charge in [0.2, 0.25) is 0 Å². The molecular weight excluding hydrogens is 404 g/mol. The van der Waals surface area contributed by atoms with Crippen LogP contribution in [0.2, 0.25) is 0 Å². The highest BCUT2D eigenvalue weighted by molar-refractivity contribution is 9.10. The van der Waals surface area contributed by atoms with Gasteiger partial charge in [0, 0.05) is 31.2 Å². The predicted molar refractivity (Wildman–Crippen MR) is 106 cm³/mol. The van der Waals surface area contributed by atoms with Crippen LogP contribution in [0.3, 0.4) is 0 Å². The zero-order chi connectivity index (χ0) is 18.1. The van der Waals surface area contributed by atoms with E-state index in [1.807, 2.05) is 0 Å². The monoisotopic (exact) mass is 430 g/mol. The second-order valence-corrected chi connectivity index (χ2v) is 9.13. The number of sulfone groups is 1. The summed E-state index contributed by atoms with van der Waals surface area (Å²) in [5.41, 5.74) is 0. The van der Waals surface area contributed by atoms with Crippen molar-refractivity contribution in [3.05, 3.63) is 28.7 Å². The van der Waals surface area contributed by atoms with E-state index in [9.17, 15) is 8.42 Å². The van der Waals surface area contributed by atoms with Gasteiger partial charge in [0.25, 0.3) is 0 Å². The Morgan fingerprint density at radius 1 is 1.12 bits per heavy atom. The van der Waals surface area contributed by atoms with Crippen molar-refractivity contribution >= 4 is 31.7 Å². The first-order valence-electron chi connectivity index (χ1n) is 8.66. The van der Waals surface area contributed by atoms with Crippen molar-refractivity contribution in [3.8, 4) is 0 Å². The standard InChI is InChI=1S/C17H27BrN4O2S/c1-19-17(20-9-13-22-11-3-2-4-12-22)21-10-14-25(23,24)16-7-5-15(18)6-8-16/h5-8H,2-4,9-14H2,1H3,(H2,19,20,21). The van der Waals surface area contributed by atoms with Gasteiger partial charge in [0.1, 0.15) is 0 Å². The van der Waals surface area contributed by atoms with Gasteiger partial charge in [0.05, 0.1) is 10.6 Å². The molecule has 0 unspecified atom stereocenters. The quantitative estimate of drug-likeness (QED) is 0.510. The average molecular weight is 431 g/mol. The summed E-state index contributed by atoms with van der Waals surface area (Å²) in [5.74, 6) is 0.671. The lowest BCUT2D eigenvalue weighted by atomic mass is 10.1. The second-order valence-electron chi connectivity index (χ2n) is 6.10. The molecule has 6 nitrogen and oxygen atoms in total. The number of hydrogen-bond acceptors (Lipinski definition) is 4. The molecule has 2 rings (SSSR count). The van der Waals surface area contributed by atoms with E-state index in [0.717, 1.165) is 17.6 Å². The van der Waals surface area contributed by atoms with Crippen LogP contribution in [-0.2, 0) is 9.84 Å². The van der Waals surface area contributed by atoms with Crippen LogP contribution in [0.5, 0.6) is 0 Å². The zero-order valence-corrected chi connectivity index (χ0v) is 17.1. The molecule has 0 amide bonds. The minimum Gasteiger partial charge on any atom is -0.355 e. The van der Waals surface area contributed by atoms with Crippen LogP contribution >= 0.6 is 15.9 Å². The molecule has 1 aliphatic heterocycles. The van der Waals surface area contributed by atoms with E-state index in [0.29, 0.717) is 17.4 Å². The summed E-state index contributed by atoms with van der Waals surface area (Å²) in [5, 5.41) is 6.32. The maximum atomic E-state index is 12.3. The van der Waals surface area contributed by atoms with E-state index in [2.05, 4.69) is 36.5 Å². The Kier molecular flexibility index (Phi) is 8.18. The van der Waals surface area contributed by atoms with Crippen molar-refractivity contribution in [1.82, 2.24) is 15.5 Å². The van der Waals surface area contributed by atoms with E-state index in [-0.39, 0.29) is 5.75 Å². The minimum absolute atomic E-state index is 0.0292. The molecule has 1 heterocycles. The Bertz CT molecular complexity index is 656. The van der Waals surface area contributed by atoms with Crippen molar-refractivity contribution in [3.63, 3.8) is 0 Å². The third-order valence-electron chi connectivity index (χ3n) is 4.23. The second kappa shape index (κ2) is 10.1. The lowest BCUT2D eigenvalue weighted by molar-refractivity contribution is 0.232. The maximum Gasteiger partial charge on any atom is 0.191 e. The Labute approximate surface area is 159 Å². The molecule has 0 saturated carbocycles. The summed E-state index contributed by atoms with van der Waals surface area (Å²) in [4.78, 5) is 6.93. The van der Waals surface area contributed by atoms with Crippen molar-refractivity contribution < 1.29 is 8.42 Å². The summed E-state index contributed by atoms with van der Waals surface area (Å²) < 4.78 is 25.5. The largest absolute Gasteiger partial charge is 0.355 e. The van der Waals surface area contributed by atoms with E-state index in [1.165, 1.54) is 32.4 Å². The zero-order valence-electron chi connectivity index (χ0n) is 14.7. The van der Waals surface area contributed by atoms with Crippen LogP contribution in [0.1, 0.15) is 19.3 Å². The van der Waals surface area contributed by atoms with Gasteiger partial charge in [-0.25, -0.2) is 8.42 Å². The highest BCUT2D eigenvalue weighted by atomic mass is 79.9. The normalized spacial score (nSPS) is 16.6. The minimum atomic E-state index is -3.29. The first kappa shape index (κ1) is 20.2. The van der Waals surface area contributed by atoms with Gasteiger partial charge in [-0.2, -0.15) is 0 Å². The number of guanidine groups is 1. The summed E-state index contributed by atoms with van der Waals surface area (Å²) in [6.45, 7) is 4.44. The van der Waals surface area contributed by atoms with E-state index < -0.39 is 9.84 Å². The smallest absolute Gasteiger partial charge is 0.191 e. The first-order chi connectivity index (χ1) is 12.0. The van der Waals surface area contributed by atoms with Gasteiger partial charge in [-0.3, -0.25) is 4.99 Å². The Morgan fingerprint density at radius 3 is 2.40 bits per heavy atom. The number of nitrogens with one attached hydrogen (secondary N) is 2. The van der Waals surface area contributed by atoms with Crippen molar-refractivity contribution in [1.29, 1.82) is 0 Å². The number of benzene rings is 1. The first-order valence-corrected chi connectivity index (χ1v) is 11.1. The third-order valence-corrected chi connectivity index (χ3v) is 6.49. The van der Waals surface area contributed by atoms with Gasteiger partial charge in [0.15, 0.2) is 15.8 Å². The molecule has 140 valence electrons. The molecule has 1 fully saturated rings. The molecule has 0 atom stereocenters. The molecule has 8 heteroatoms. The highest BCUT2D eigenvalue weighted by Crippen LogP contribution is 2.15. The van der Waals surface area contributed by atoms with Crippen LogP contribution in [0.15, 0.2) is 38.6 Å². The summed E-state index contributed by atoms with van der Waals surface area (Å²) >= 11 is 3.31. The van der Waals surface area contributed by atoms with Crippen LogP contribution in [-0.4, -0.2) is 64.8 Å². The Hall–Kier alpha value is -1.12. The molecule has 25 heavy (non-hydrogen) atoms. The SMILES string of the molecule is CN=C(NCCN1CCCCC1)NCCS(=O)(=O)c1ccc(Br)cc1. The summed E-state index contributed by atoms with van der Waals surface area (Å²) in [6, 6.07) is 6.71. The highest BCUT2D eigenvalue weighted by Gasteiger charge is 2.14. The molecule has 2 N–H and O–H groups in total. The van der Waals surface area contributed by atoms with Gasteiger partial charge >= 0.3 is 0 Å². The Morgan fingerprint density at radius 2 is 1.76 bits per heavy atom. The van der Waals surface area contributed by atoms with Crippen LogP contribution in [0.4, 0.5) is 0 Å². The molecule has 0 spiro atoms. The number of hydrogen-bond donors (Lipinski definition) is 2. The van der Waals surface area contributed by atoms with E-state index in [4.69, 9.17) is 0 Å². The van der Waals surface area contributed by atoms with Gasteiger partial charge in [-0.15, -0.1) is 0 Å². The van der Waals surface area contributed by atoms with E-state index in [1.54, 1.807) is 31.3 Å². The molecule has 1 aromatic carbocycles. The molecular formula is C17H27BrN4O2S. The molecule has 1 aliphatic rings. The molecule has 0 radical (unpaired) electrons. The van der Waals surface area contributed by atoms with Crippen molar-refractivity contribution in [2.45, 2.75) is 24.2 Å². The van der Waals surface area contributed by atoms with Crippen LogP contribution in [0.25, 0.3) is 0 Å². The molecule has 0 bridgehead atoms. The fourth-order valence-electron chi connectivity index (χ4n) is 2.80. The maximum absolute atomic E-state index is 12.3. The van der Waals surface area contributed by atoms with Gasteiger partial charge < -0.3 is 15.5 Å². The lowest BCUT2D eigenvalue weighted by Crippen LogP contribution is -2.43. The third kappa shape index (κ3) is 6.95. The summed E-state index contributed by atoms with van der Waals surface area (Å²) in [7, 11) is -1.60. The number of halogens is 1. The average Bonchev–Trinajstić information content (AvgIpc) is 2.61. The number of piperidine rings is 1. The number of rotatable bonds is 7. The molecule has 0 aromatic heterocycles. The fraction of sp³-hybridized carbons (Fsp3) is 0.588. The number of nitrogens with zero attached hydrogens (tertiary/aromatic N) is 2. The molecule has 0 aliphatic carbocycles.